The summed E-state index contributed by atoms with van der Waals surface area (Å²) >= 11 is 0. The second-order valence-electron chi connectivity index (χ2n) is 6.82. The van der Waals surface area contributed by atoms with Crippen LogP contribution < -0.4 is 21.9 Å². The predicted molar refractivity (Wildman–Crippen MR) is 108 cm³/mol. The average molecular weight is 408 g/mol. The first-order valence-electron chi connectivity index (χ1n) is 9.70. The number of carbonyl (C=O) groups is 1. The Hall–Kier alpha value is -2.97. The highest BCUT2D eigenvalue weighted by Gasteiger charge is 2.25. The third kappa shape index (κ3) is 5.30. The number of halogens is 2. The molecule has 0 bridgehead atoms. The molecule has 0 radical (unpaired) electrons. The maximum atomic E-state index is 13.6. The summed E-state index contributed by atoms with van der Waals surface area (Å²) in [7, 11) is 0. The molecule has 1 aromatic carbocycles. The number of amides is 1. The molecule has 0 atom stereocenters. The summed E-state index contributed by atoms with van der Waals surface area (Å²) in [6, 6.07) is 2.45. The first-order valence-corrected chi connectivity index (χ1v) is 9.70. The minimum absolute atomic E-state index is 0.115. The number of benzene rings is 1. The molecule has 2 aromatic rings. The van der Waals surface area contributed by atoms with Crippen LogP contribution in [0.1, 0.15) is 56.3 Å². The zero-order valence-electron chi connectivity index (χ0n) is 16.6. The number of carbonyl (C=O) groups excluding carboxylic acids is 1. The molecule has 1 aromatic heterocycles. The number of nitrogens with one attached hydrogen (secondary N) is 1. The summed E-state index contributed by atoms with van der Waals surface area (Å²) in [5.41, 5.74) is 4.19. The van der Waals surface area contributed by atoms with Gasteiger partial charge in [-0.1, -0.05) is 33.1 Å². The van der Waals surface area contributed by atoms with E-state index in [0.717, 1.165) is 36.3 Å². The summed E-state index contributed by atoms with van der Waals surface area (Å²) in [4.78, 5) is 41.0. The van der Waals surface area contributed by atoms with E-state index in [2.05, 4.69) is 4.98 Å². The number of aromatic amines is 1. The van der Waals surface area contributed by atoms with E-state index in [1.807, 2.05) is 13.8 Å². The summed E-state index contributed by atoms with van der Waals surface area (Å²) < 4.78 is 28.5. The zero-order valence-corrected chi connectivity index (χ0v) is 16.6. The highest BCUT2D eigenvalue weighted by atomic mass is 19.1. The minimum Gasteiger partial charge on any atom is -0.383 e. The van der Waals surface area contributed by atoms with Gasteiger partial charge < -0.3 is 10.6 Å². The van der Waals surface area contributed by atoms with Crippen LogP contribution in [0.3, 0.4) is 0 Å². The molecule has 0 aliphatic carbocycles. The van der Waals surface area contributed by atoms with Crippen molar-refractivity contribution in [1.82, 2.24) is 9.55 Å². The Morgan fingerprint density at radius 2 is 1.69 bits per heavy atom. The first-order chi connectivity index (χ1) is 13.8. The summed E-state index contributed by atoms with van der Waals surface area (Å²) in [5.74, 6) is -2.72. The average Bonchev–Trinajstić information content (AvgIpc) is 2.65. The summed E-state index contributed by atoms with van der Waals surface area (Å²) in [6.07, 6.45) is 3.62. The van der Waals surface area contributed by atoms with Crippen LogP contribution in [0, 0.1) is 11.6 Å². The van der Waals surface area contributed by atoms with E-state index in [-0.39, 0.29) is 30.2 Å². The largest absolute Gasteiger partial charge is 0.383 e. The maximum absolute atomic E-state index is 13.6. The van der Waals surface area contributed by atoms with Crippen LogP contribution in [0.4, 0.5) is 20.3 Å². The van der Waals surface area contributed by atoms with Gasteiger partial charge in [-0.15, -0.1) is 0 Å². The molecule has 3 N–H and O–H groups in total. The minimum atomic E-state index is -0.906. The quantitative estimate of drug-likeness (QED) is 0.623. The van der Waals surface area contributed by atoms with Gasteiger partial charge in [0.1, 0.15) is 17.5 Å². The van der Waals surface area contributed by atoms with Crippen molar-refractivity contribution in [2.75, 3.05) is 17.2 Å². The maximum Gasteiger partial charge on any atom is 0.330 e. The number of unbranched alkanes of at least 4 members (excludes halogenated alkanes) is 3. The highest BCUT2D eigenvalue weighted by molar-refractivity contribution is 6.07. The Balaban J connectivity index is 2.58. The lowest BCUT2D eigenvalue weighted by Crippen LogP contribution is -2.41. The standard InChI is InChI=1S/C20H26F2N4O3/c1-3-5-7-9-25(19(28)13-10-14(21)12-15(22)11-13)16-17(23)26(8-6-4-2)20(29)24-18(16)27/h10-12H,3-9,23H2,1-2H3,(H,24,27,29). The van der Waals surface area contributed by atoms with Crippen molar-refractivity contribution in [2.24, 2.45) is 0 Å². The second kappa shape index (κ2) is 9.99. The number of rotatable bonds is 9. The van der Waals surface area contributed by atoms with Crippen LogP contribution >= 0.6 is 0 Å². The number of anilines is 2. The van der Waals surface area contributed by atoms with Gasteiger partial charge in [-0.05, 0) is 25.0 Å². The van der Waals surface area contributed by atoms with Crippen molar-refractivity contribution >= 4 is 17.4 Å². The number of H-pyrrole nitrogens is 1. The number of nitrogen functional groups attached to an aromatic ring is 1. The van der Waals surface area contributed by atoms with Gasteiger partial charge in [0.15, 0.2) is 5.69 Å². The third-order valence-corrected chi connectivity index (χ3v) is 4.56. The van der Waals surface area contributed by atoms with Gasteiger partial charge in [0.25, 0.3) is 11.5 Å². The number of aromatic nitrogens is 2. The molecule has 0 unspecified atom stereocenters. The van der Waals surface area contributed by atoms with Crippen molar-refractivity contribution in [3.63, 3.8) is 0 Å². The number of nitrogens with two attached hydrogens (primary N) is 1. The van der Waals surface area contributed by atoms with Gasteiger partial charge in [-0.2, -0.15) is 0 Å². The summed E-state index contributed by atoms with van der Waals surface area (Å²) in [5, 5.41) is 0. The smallest absolute Gasteiger partial charge is 0.330 e. The molecule has 2 rings (SSSR count). The molecule has 1 heterocycles. The Labute approximate surface area is 167 Å². The van der Waals surface area contributed by atoms with Crippen molar-refractivity contribution < 1.29 is 13.6 Å². The molecule has 158 valence electrons. The van der Waals surface area contributed by atoms with Gasteiger partial charge in [-0.25, -0.2) is 13.6 Å². The highest BCUT2D eigenvalue weighted by Crippen LogP contribution is 2.21. The lowest BCUT2D eigenvalue weighted by Gasteiger charge is -2.24. The van der Waals surface area contributed by atoms with Crippen LogP contribution in [-0.4, -0.2) is 22.0 Å². The lowest BCUT2D eigenvalue weighted by molar-refractivity contribution is 0.0985. The SMILES string of the molecule is CCCCCN(C(=O)c1cc(F)cc(F)c1)c1c(N)n(CCCC)c(=O)[nH]c1=O. The Morgan fingerprint density at radius 3 is 2.28 bits per heavy atom. The molecule has 1 amide bonds. The van der Waals surface area contributed by atoms with Gasteiger partial charge >= 0.3 is 5.69 Å². The molecule has 0 saturated heterocycles. The fourth-order valence-corrected chi connectivity index (χ4v) is 3.04. The van der Waals surface area contributed by atoms with Crippen LogP contribution in [0.5, 0.6) is 0 Å². The molecular formula is C20H26F2N4O3. The van der Waals surface area contributed by atoms with E-state index < -0.39 is 28.8 Å². The number of hydrogen-bond donors (Lipinski definition) is 2. The molecule has 0 spiro atoms. The van der Waals surface area contributed by atoms with Crippen molar-refractivity contribution in [3.8, 4) is 0 Å². The molecule has 9 heteroatoms. The van der Waals surface area contributed by atoms with E-state index in [9.17, 15) is 23.2 Å². The molecule has 0 aliphatic rings. The van der Waals surface area contributed by atoms with E-state index >= 15 is 0 Å². The van der Waals surface area contributed by atoms with Crippen LogP contribution in [0.2, 0.25) is 0 Å². The van der Waals surface area contributed by atoms with E-state index in [1.54, 1.807) is 0 Å². The molecule has 29 heavy (non-hydrogen) atoms. The Kier molecular flexibility index (Phi) is 7.69. The van der Waals surface area contributed by atoms with Crippen molar-refractivity contribution in [3.05, 3.63) is 56.2 Å². The second-order valence-corrected chi connectivity index (χ2v) is 6.82. The Bertz CT molecular complexity index is 964. The fraction of sp³-hybridized carbons (Fsp3) is 0.450. The third-order valence-electron chi connectivity index (χ3n) is 4.56. The van der Waals surface area contributed by atoms with Crippen molar-refractivity contribution in [1.29, 1.82) is 0 Å². The van der Waals surface area contributed by atoms with Gasteiger partial charge in [-0.3, -0.25) is 19.1 Å². The van der Waals surface area contributed by atoms with Gasteiger partial charge in [0.05, 0.1) is 0 Å². The monoisotopic (exact) mass is 408 g/mol. The van der Waals surface area contributed by atoms with Gasteiger partial charge in [0, 0.05) is 24.7 Å². The predicted octanol–water partition coefficient (Wildman–Crippen LogP) is 3.03. The summed E-state index contributed by atoms with van der Waals surface area (Å²) in [6.45, 7) is 4.30. The molecule has 0 fully saturated rings. The normalized spacial score (nSPS) is 10.9. The van der Waals surface area contributed by atoms with Crippen LogP contribution in [0.15, 0.2) is 27.8 Å². The molecular weight excluding hydrogens is 382 g/mol. The van der Waals surface area contributed by atoms with Gasteiger partial charge in [0.2, 0.25) is 0 Å². The molecule has 7 nitrogen and oxygen atoms in total. The Morgan fingerprint density at radius 1 is 1.07 bits per heavy atom. The zero-order chi connectivity index (χ0) is 21.6. The fourth-order valence-electron chi connectivity index (χ4n) is 3.04. The van der Waals surface area contributed by atoms with Crippen LogP contribution in [-0.2, 0) is 6.54 Å². The first kappa shape index (κ1) is 22.3. The van der Waals surface area contributed by atoms with Crippen molar-refractivity contribution in [2.45, 2.75) is 52.5 Å². The van der Waals surface area contributed by atoms with E-state index in [1.165, 1.54) is 4.57 Å². The van der Waals surface area contributed by atoms with Crippen LogP contribution in [0.25, 0.3) is 0 Å². The van der Waals surface area contributed by atoms with E-state index in [0.29, 0.717) is 18.9 Å². The molecule has 0 saturated carbocycles. The van der Waals surface area contributed by atoms with E-state index in [4.69, 9.17) is 5.73 Å². The number of nitrogens with zero attached hydrogens (tertiary/aromatic N) is 2. The topological polar surface area (TPSA) is 101 Å². The molecule has 0 aliphatic heterocycles. The lowest BCUT2D eigenvalue weighted by atomic mass is 10.1. The number of hydrogen-bond acceptors (Lipinski definition) is 4.